The molecule has 0 aliphatic carbocycles. The van der Waals surface area contributed by atoms with Gasteiger partial charge in [0.05, 0.1) is 5.69 Å². The fourth-order valence-electron chi connectivity index (χ4n) is 1.39. The molecule has 15 heavy (non-hydrogen) atoms. The first-order chi connectivity index (χ1) is 7.22. The highest BCUT2D eigenvalue weighted by Crippen LogP contribution is 2.26. The maximum atomic E-state index is 13.0. The molecule has 0 saturated heterocycles. The van der Waals surface area contributed by atoms with Crippen LogP contribution in [0.1, 0.15) is 11.3 Å². The number of benzene rings is 1. The second-order valence-electron chi connectivity index (χ2n) is 3.23. The minimum absolute atomic E-state index is 0.274. The fourth-order valence-corrected chi connectivity index (χ4v) is 1.92. The first-order valence-corrected chi connectivity index (χ1v) is 5.61. The minimum atomic E-state index is -0.274. The molecule has 0 saturated carbocycles. The van der Waals surface area contributed by atoms with Gasteiger partial charge >= 0.3 is 0 Å². The van der Waals surface area contributed by atoms with Gasteiger partial charge < -0.3 is 4.52 Å². The lowest BCUT2D eigenvalue weighted by Gasteiger charge is -1.97. The summed E-state index contributed by atoms with van der Waals surface area (Å²) >= 11 is 3.31. The average Bonchev–Trinajstić information content (AvgIpc) is 2.59. The van der Waals surface area contributed by atoms with E-state index in [0.717, 1.165) is 11.3 Å². The second-order valence-corrected chi connectivity index (χ2v) is 3.79. The summed E-state index contributed by atoms with van der Waals surface area (Å²) in [5.74, 6) is 0.354. The first-order valence-electron chi connectivity index (χ1n) is 4.49. The Hall–Kier alpha value is -1.16. The van der Waals surface area contributed by atoms with Crippen LogP contribution >= 0.6 is 15.9 Å². The van der Waals surface area contributed by atoms with Crippen molar-refractivity contribution in [3.05, 3.63) is 41.3 Å². The Morgan fingerprint density at radius 3 is 2.87 bits per heavy atom. The molecule has 0 fully saturated rings. The second kappa shape index (κ2) is 4.14. The highest BCUT2D eigenvalue weighted by Gasteiger charge is 2.12. The molecule has 0 N–H and O–H groups in total. The van der Waals surface area contributed by atoms with Gasteiger partial charge in [-0.25, -0.2) is 4.39 Å². The van der Waals surface area contributed by atoms with Crippen molar-refractivity contribution in [2.45, 2.75) is 12.3 Å². The first kappa shape index (κ1) is 10.4. The molecule has 0 bridgehead atoms. The minimum Gasteiger partial charge on any atom is -0.356 e. The summed E-state index contributed by atoms with van der Waals surface area (Å²) in [5, 5.41) is 4.53. The topological polar surface area (TPSA) is 26.0 Å². The predicted octanol–water partition coefficient (Wildman–Crippen LogP) is 3.68. The summed E-state index contributed by atoms with van der Waals surface area (Å²) in [4.78, 5) is 0. The Morgan fingerprint density at radius 1 is 1.47 bits per heavy atom. The lowest BCUT2D eigenvalue weighted by atomic mass is 10.1. The van der Waals surface area contributed by atoms with Crippen LogP contribution in [-0.2, 0) is 5.33 Å². The van der Waals surface area contributed by atoms with Crippen LogP contribution in [0.25, 0.3) is 11.3 Å². The molecule has 78 valence electrons. The normalized spacial score (nSPS) is 10.6. The van der Waals surface area contributed by atoms with E-state index in [2.05, 4.69) is 21.1 Å². The zero-order valence-electron chi connectivity index (χ0n) is 8.13. The van der Waals surface area contributed by atoms with Crippen molar-refractivity contribution in [2.75, 3.05) is 0 Å². The third kappa shape index (κ3) is 1.95. The van der Waals surface area contributed by atoms with Crippen LogP contribution in [0.5, 0.6) is 0 Å². The van der Waals surface area contributed by atoms with Crippen molar-refractivity contribution < 1.29 is 8.91 Å². The summed E-state index contributed by atoms with van der Waals surface area (Å²) in [6.07, 6.45) is 0. The fraction of sp³-hybridized carbons (Fsp3) is 0.182. The van der Waals surface area contributed by atoms with E-state index in [-0.39, 0.29) is 5.82 Å². The van der Waals surface area contributed by atoms with E-state index in [1.54, 1.807) is 12.1 Å². The van der Waals surface area contributed by atoms with Crippen LogP contribution < -0.4 is 0 Å². The van der Waals surface area contributed by atoms with Gasteiger partial charge in [-0.1, -0.05) is 33.2 Å². The van der Waals surface area contributed by atoms with Crippen molar-refractivity contribution in [1.29, 1.82) is 0 Å². The Kier molecular flexibility index (Phi) is 2.86. The van der Waals surface area contributed by atoms with E-state index < -0.39 is 0 Å². The number of rotatable bonds is 2. The van der Waals surface area contributed by atoms with E-state index in [4.69, 9.17) is 4.52 Å². The van der Waals surface area contributed by atoms with Gasteiger partial charge in [0.25, 0.3) is 0 Å². The number of alkyl halides is 1. The van der Waals surface area contributed by atoms with E-state index in [1.165, 1.54) is 12.1 Å². The van der Waals surface area contributed by atoms with E-state index in [9.17, 15) is 4.39 Å². The third-order valence-electron chi connectivity index (χ3n) is 2.23. The highest BCUT2D eigenvalue weighted by atomic mass is 79.9. The predicted molar refractivity (Wildman–Crippen MR) is 59.3 cm³/mol. The Bertz CT molecular complexity index is 481. The van der Waals surface area contributed by atoms with E-state index in [1.807, 2.05) is 6.92 Å². The molecule has 0 radical (unpaired) electrons. The van der Waals surface area contributed by atoms with Crippen molar-refractivity contribution in [1.82, 2.24) is 5.16 Å². The van der Waals surface area contributed by atoms with Gasteiger partial charge in [0.15, 0.2) is 5.76 Å². The van der Waals surface area contributed by atoms with Gasteiger partial charge in [-0.2, -0.15) is 0 Å². The molecule has 2 nitrogen and oxygen atoms in total. The molecule has 0 aliphatic rings. The van der Waals surface area contributed by atoms with Crippen molar-refractivity contribution in [3.63, 3.8) is 0 Å². The van der Waals surface area contributed by atoms with Crippen LogP contribution in [0.2, 0.25) is 0 Å². The van der Waals surface area contributed by atoms with Crippen LogP contribution in [0.3, 0.4) is 0 Å². The zero-order chi connectivity index (χ0) is 10.8. The number of aromatic nitrogens is 1. The van der Waals surface area contributed by atoms with Gasteiger partial charge in [0, 0.05) is 16.5 Å². The molecule has 2 rings (SSSR count). The summed E-state index contributed by atoms with van der Waals surface area (Å²) in [6.45, 7) is 1.91. The number of hydrogen-bond acceptors (Lipinski definition) is 2. The molecule has 0 spiro atoms. The van der Waals surface area contributed by atoms with Gasteiger partial charge in [0.1, 0.15) is 5.82 Å². The van der Waals surface area contributed by atoms with E-state index >= 15 is 0 Å². The molecular formula is C11H9BrFNO. The van der Waals surface area contributed by atoms with Crippen molar-refractivity contribution in [2.24, 2.45) is 0 Å². The molecule has 0 unspecified atom stereocenters. The third-order valence-corrected chi connectivity index (χ3v) is 2.77. The molecule has 2 aromatic rings. The van der Waals surface area contributed by atoms with Gasteiger partial charge in [-0.15, -0.1) is 0 Å². The largest absolute Gasteiger partial charge is 0.356 e. The molecule has 4 heteroatoms. The lowest BCUT2D eigenvalue weighted by Crippen LogP contribution is -1.82. The monoisotopic (exact) mass is 269 g/mol. The molecule has 1 heterocycles. The van der Waals surface area contributed by atoms with E-state index in [0.29, 0.717) is 16.7 Å². The smallest absolute Gasteiger partial charge is 0.170 e. The standard InChI is InChI=1S/C11H9BrFNO/c1-7-10(6-12)14-15-11(7)8-3-2-4-9(13)5-8/h2-5H,6H2,1H3. The van der Waals surface area contributed by atoms with Crippen LogP contribution in [0.4, 0.5) is 4.39 Å². The quantitative estimate of drug-likeness (QED) is 0.778. The Balaban J connectivity index is 2.49. The summed E-state index contributed by atoms with van der Waals surface area (Å²) < 4.78 is 18.2. The zero-order valence-corrected chi connectivity index (χ0v) is 9.71. The summed E-state index contributed by atoms with van der Waals surface area (Å²) in [6, 6.07) is 6.29. The summed E-state index contributed by atoms with van der Waals surface area (Å²) in [7, 11) is 0. The van der Waals surface area contributed by atoms with Crippen LogP contribution in [-0.4, -0.2) is 5.16 Å². The molecule has 0 amide bonds. The van der Waals surface area contributed by atoms with Crippen LogP contribution in [0, 0.1) is 12.7 Å². The van der Waals surface area contributed by atoms with Crippen molar-refractivity contribution in [3.8, 4) is 11.3 Å². The van der Waals surface area contributed by atoms with Gasteiger partial charge in [0.2, 0.25) is 0 Å². The SMILES string of the molecule is Cc1c(CBr)noc1-c1cccc(F)c1. The maximum absolute atomic E-state index is 13.0. The van der Waals surface area contributed by atoms with Gasteiger partial charge in [-0.3, -0.25) is 0 Å². The van der Waals surface area contributed by atoms with Crippen LogP contribution in [0.15, 0.2) is 28.8 Å². The number of nitrogens with zero attached hydrogens (tertiary/aromatic N) is 1. The molecule has 0 atom stereocenters. The number of hydrogen-bond donors (Lipinski definition) is 0. The average molecular weight is 270 g/mol. The molecule has 1 aromatic carbocycles. The Labute approximate surface area is 95.2 Å². The highest BCUT2D eigenvalue weighted by molar-refractivity contribution is 9.08. The molecule has 1 aromatic heterocycles. The molecular weight excluding hydrogens is 261 g/mol. The van der Waals surface area contributed by atoms with Gasteiger partial charge in [-0.05, 0) is 19.1 Å². The number of halogens is 2. The lowest BCUT2D eigenvalue weighted by molar-refractivity contribution is 0.426. The molecule has 0 aliphatic heterocycles. The Morgan fingerprint density at radius 2 is 2.27 bits per heavy atom. The summed E-state index contributed by atoms with van der Waals surface area (Å²) in [5.41, 5.74) is 2.50. The van der Waals surface area contributed by atoms with Crippen molar-refractivity contribution >= 4 is 15.9 Å². The maximum Gasteiger partial charge on any atom is 0.170 e.